The minimum absolute atomic E-state index is 0.217. The summed E-state index contributed by atoms with van der Waals surface area (Å²) in [6, 6.07) is 7.49. The van der Waals surface area contributed by atoms with Gasteiger partial charge < -0.3 is 5.32 Å². The third-order valence-corrected chi connectivity index (χ3v) is 2.78. The van der Waals surface area contributed by atoms with Crippen molar-refractivity contribution in [1.29, 1.82) is 0 Å². The Bertz CT molecular complexity index is 645. The predicted octanol–water partition coefficient (Wildman–Crippen LogP) is 4.14. The third-order valence-electron chi connectivity index (χ3n) is 2.56. The van der Waals surface area contributed by atoms with Gasteiger partial charge in [0.25, 0.3) is 0 Å². The van der Waals surface area contributed by atoms with Crippen LogP contribution in [0.25, 0.3) is 0 Å². The van der Waals surface area contributed by atoms with Gasteiger partial charge in [0.1, 0.15) is 5.82 Å². The Morgan fingerprint density at radius 1 is 1.20 bits per heavy atom. The zero-order chi connectivity index (χ0) is 14.7. The first-order valence-electron chi connectivity index (χ1n) is 5.58. The molecule has 0 saturated heterocycles. The quantitative estimate of drug-likeness (QED) is 0.682. The molecular weight excluding hydrogens is 290 g/mol. The number of halogens is 3. The topological polar surface area (TPSA) is 55.2 Å². The SMILES string of the molecule is O=[N+]([O-])c1ccc(NCc2cc(F)cc(Cl)c2)cc1F. The van der Waals surface area contributed by atoms with E-state index in [1.807, 2.05) is 0 Å². The van der Waals surface area contributed by atoms with E-state index in [1.54, 1.807) is 6.07 Å². The Balaban J connectivity index is 2.11. The van der Waals surface area contributed by atoms with Crippen molar-refractivity contribution < 1.29 is 13.7 Å². The number of rotatable bonds is 4. The van der Waals surface area contributed by atoms with Gasteiger partial charge in [0.15, 0.2) is 0 Å². The average Bonchev–Trinajstić information content (AvgIpc) is 2.35. The molecular formula is C13H9ClF2N2O2. The highest BCUT2D eigenvalue weighted by Crippen LogP contribution is 2.22. The molecule has 0 aliphatic heterocycles. The Hall–Kier alpha value is -2.21. The van der Waals surface area contributed by atoms with Crippen molar-refractivity contribution in [1.82, 2.24) is 0 Å². The van der Waals surface area contributed by atoms with Crippen LogP contribution in [0.4, 0.5) is 20.2 Å². The lowest BCUT2D eigenvalue weighted by Gasteiger charge is -2.07. The van der Waals surface area contributed by atoms with Crippen LogP contribution in [0.2, 0.25) is 5.02 Å². The lowest BCUT2D eigenvalue weighted by molar-refractivity contribution is -0.387. The van der Waals surface area contributed by atoms with Crippen LogP contribution >= 0.6 is 11.6 Å². The smallest absolute Gasteiger partial charge is 0.304 e. The first kappa shape index (κ1) is 14.2. The van der Waals surface area contributed by atoms with Gasteiger partial charge in [0.05, 0.1) is 4.92 Å². The van der Waals surface area contributed by atoms with Crippen LogP contribution in [-0.2, 0) is 6.54 Å². The van der Waals surface area contributed by atoms with Crippen LogP contribution in [0, 0.1) is 21.7 Å². The molecule has 0 fully saturated rings. The Morgan fingerprint density at radius 3 is 2.55 bits per heavy atom. The van der Waals surface area contributed by atoms with Crippen molar-refractivity contribution >= 4 is 23.0 Å². The van der Waals surface area contributed by atoms with Gasteiger partial charge in [-0.05, 0) is 29.8 Å². The van der Waals surface area contributed by atoms with Gasteiger partial charge in [-0.25, -0.2) is 4.39 Å². The van der Waals surface area contributed by atoms with Crippen LogP contribution in [0.1, 0.15) is 5.56 Å². The summed E-state index contributed by atoms with van der Waals surface area (Å²) in [7, 11) is 0. The summed E-state index contributed by atoms with van der Waals surface area (Å²) in [5.41, 5.74) is 0.339. The largest absolute Gasteiger partial charge is 0.381 e. The second kappa shape index (κ2) is 5.83. The summed E-state index contributed by atoms with van der Waals surface area (Å²) in [6.45, 7) is 0.217. The summed E-state index contributed by atoms with van der Waals surface area (Å²) in [5, 5.41) is 13.6. The summed E-state index contributed by atoms with van der Waals surface area (Å²) in [4.78, 5) is 9.68. The standard InChI is InChI=1S/C13H9ClF2N2O2/c14-9-3-8(4-10(15)5-9)7-17-11-1-2-13(18(19)20)12(16)6-11/h1-6,17H,7H2. The molecule has 2 aromatic rings. The minimum Gasteiger partial charge on any atom is -0.381 e. The Labute approximate surface area is 118 Å². The highest BCUT2D eigenvalue weighted by Gasteiger charge is 2.13. The number of nitrogens with zero attached hydrogens (tertiary/aromatic N) is 1. The minimum atomic E-state index is -0.933. The summed E-state index contributed by atoms with van der Waals surface area (Å²) in [6.07, 6.45) is 0. The van der Waals surface area contributed by atoms with Crippen molar-refractivity contribution in [2.24, 2.45) is 0 Å². The summed E-state index contributed by atoms with van der Waals surface area (Å²) >= 11 is 5.71. The van der Waals surface area contributed by atoms with E-state index in [1.165, 1.54) is 18.2 Å². The van der Waals surface area contributed by atoms with E-state index in [0.717, 1.165) is 12.1 Å². The molecule has 0 aliphatic rings. The molecule has 1 N–H and O–H groups in total. The first-order valence-corrected chi connectivity index (χ1v) is 5.96. The van der Waals surface area contributed by atoms with Gasteiger partial charge >= 0.3 is 5.69 Å². The Morgan fingerprint density at radius 2 is 1.95 bits per heavy atom. The van der Waals surface area contributed by atoms with Crippen molar-refractivity contribution in [3.8, 4) is 0 Å². The van der Waals surface area contributed by atoms with E-state index in [0.29, 0.717) is 11.3 Å². The maximum Gasteiger partial charge on any atom is 0.304 e. The van der Waals surface area contributed by atoms with Gasteiger partial charge in [-0.1, -0.05) is 11.6 Å². The van der Waals surface area contributed by atoms with Crippen LogP contribution in [0.5, 0.6) is 0 Å². The van der Waals surface area contributed by atoms with Crippen molar-refractivity contribution in [3.63, 3.8) is 0 Å². The van der Waals surface area contributed by atoms with E-state index in [9.17, 15) is 18.9 Å². The molecule has 104 valence electrons. The average molecular weight is 299 g/mol. The zero-order valence-electron chi connectivity index (χ0n) is 10.1. The van der Waals surface area contributed by atoms with E-state index in [4.69, 9.17) is 11.6 Å². The van der Waals surface area contributed by atoms with Crippen molar-refractivity contribution in [3.05, 3.63) is 68.7 Å². The van der Waals surface area contributed by atoms with E-state index in [-0.39, 0.29) is 11.6 Å². The highest BCUT2D eigenvalue weighted by atomic mass is 35.5. The lowest BCUT2D eigenvalue weighted by Crippen LogP contribution is -2.01. The number of benzene rings is 2. The zero-order valence-corrected chi connectivity index (χ0v) is 10.8. The number of nitro groups is 1. The number of nitro benzene ring substituents is 1. The molecule has 0 atom stereocenters. The fourth-order valence-corrected chi connectivity index (χ4v) is 1.93. The fraction of sp³-hybridized carbons (Fsp3) is 0.0769. The van der Waals surface area contributed by atoms with E-state index in [2.05, 4.69) is 5.32 Å². The van der Waals surface area contributed by atoms with Crippen LogP contribution in [-0.4, -0.2) is 4.92 Å². The van der Waals surface area contributed by atoms with Gasteiger partial charge in [0.2, 0.25) is 5.82 Å². The first-order chi connectivity index (χ1) is 9.45. The van der Waals surface area contributed by atoms with Gasteiger partial charge in [-0.3, -0.25) is 10.1 Å². The fourth-order valence-electron chi connectivity index (χ4n) is 1.68. The maximum atomic E-state index is 13.4. The van der Waals surface area contributed by atoms with Crippen molar-refractivity contribution in [2.45, 2.75) is 6.54 Å². The highest BCUT2D eigenvalue weighted by molar-refractivity contribution is 6.30. The normalized spacial score (nSPS) is 10.3. The monoisotopic (exact) mass is 298 g/mol. The van der Waals surface area contributed by atoms with Gasteiger partial charge in [-0.2, -0.15) is 4.39 Å². The molecule has 0 unspecified atom stereocenters. The molecule has 7 heteroatoms. The molecule has 0 amide bonds. The van der Waals surface area contributed by atoms with Gasteiger partial charge in [-0.15, -0.1) is 0 Å². The molecule has 0 saturated carbocycles. The second-order valence-electron chi connectivity index (χ2n) is 4.05. The molecule has 2 rings (SSSR count). The maximum absolute atomic E-state index is 13.4. The number of hydrogen-bond donors (Lipinski definition) is 1. The number of anilines is 1. The predicted molar refractivity (Wildman–Crippen MR) is 71.8 cm³/mol. The summed E-state index contributed by atoms with van der Waals surface area (Å²) < 4.78 is 26.5. The molecule has 0 radical (unpaired) electrons. The Kier molecular flexibility index (Phi) is 4.14. The molecule has 0 heterocycles. The molecule has 0 bridgehead atoms. The molecule has 4 nitrogen and oxygen atoms in total. The molecule has 0 aromatic heterocycles. The van der Waals surface area contributed by atoms with E-state index < -0.39 is 22.2 Å². The third kappa shape index (κ3) is 3.42. The molecule has 2 aromatic carbocycles. The van der Waals surface area contributed by atoms with E-state index >= 15 is 0 Å². The van der Waals surface area contributed by atoms with Crippen LogP contribution in [0.3, 0.4) is 0 Å². The van der Waals surface area contributed by atoms with Crippen LogP contribution in [0.15, 0.2) is 36.4 Å². The molecule has 0 aliphatic carbocycles. The van der Waals surface area contributed by atoms with Crippen LogP contribution < -0.4 is 5.32 Å². The second-order valence-corrected chi connectivity index (χ2v) is 4.49. The molecule has 0 spiro atoms. The number of nitrogens with one attached hydrogen (secondary N) is 1. The van der Waals surface area contributed by atoms with Gasteiger partial charge in [0, 0.05) is 29.4 Å². The lowest BCUT2D eigenvalue weighted by atomic mass is 10.2. The summed E-state index contributed by atoms with van der Waals surface area (Å²) in [5.74, 6) is -1.40. The number of hydrogen-bond acceptors (Lipinski definition) is 3. The molecule has 20 heavy (non-hydrogen) atoms. The van der Waals surface area contributed by atoms with Crippen molar-refractivity contribution in [2.75, 3.05) is 5.32 Å².